The SMILES string of the molecule is CN1CCCC(c2nnc3n2CCN(C(=O)CCc2c[nH]c4ccccc24)C3)C1. The number of hydrogen-bond acceptors (Lipinski definition) is 4. The second-order valence-corrected chi connectivity index (χ2v) is 8.40. The fourth-order valence-electron chi connectivity index (χ4n) is 4.81. The van der Waals surface area contributed by atoms with Gasteiger partial charge in [0.1, 0.15) is 5.82 Å². The van der Waals surface area contributed by atoms with Gasteiger partial charge in [-0.25, -0.2) is 0 Å². The van der Waals surface area contributed by atoms with E-state index < -0.39 is 0 Å². The highest BCUT2D eigenvalue weighted by Gasteiger charge is 2.29. The number of H-pyrrole nitrogens is 1. The number of aromatic amines is 1. The zero-order valence-electron chi connectivity index (χ0n) is 17.0. The van der Waals surface area contributed by atoms with Crippen LogP contribution in [0.15, 0.2) is 30.5 Å². The van der Waals surface area contributed by atoms with E-state index in [1.165, 1.54) is 23.8 Å². The number of likely N-dealkylation sites (N-methyl/N-ethyl adjacent to an activating group) is 1. The number of fused-ring (bicyclic) bond motifs is 2. The minimum absolute atomic E-state index is 0.198. The average molecular weight is 393 g/mol. The molecule has 1 fully saturated rings. The molecule has 0 spiro atoms. The Morgan fingerprint density at radius 2 is 2.10 bits per heavy atom. The van der Waals surface area contributed by atoms with E-state index in [0.717, 1.165) is 49.8 Å². The number of carbonyl (C=O) groups excluding carboxylic acids is 1. The molecule has 0 radical (unpaired) electrons. The van der Waals surface area contributed by atoms with Crippen molar-refractivity contribution in [1.82, 2.24) is 29.5 Å². The normalized spacial score (nSPS) is 20.2. The van der Waals surface area contributed by atoms with Crippen LogP contribution in [0.1, 0.15) is 42.4 Å². The zero-order valence-corrected chi connectivity index (χ0v) is 17.0. The third-order valence-corrected chi connectivity index (χ3v) is 6.41. The molecule has 1 atom stereocenters. The minimum Gasteiger partial charge on any atom is -0.361 e. The van der Waals surface area contributed by atoms with Crippen molar-refractivity contribution < 1.29 is 4.79 Å². The number of hydrogen-bond donors (Lipinski definition) is 1. The van der Waals surface area contributed by atoms with E-state index in [9.17, 15) is 4.79 Å². The Morgan fingerprint density at radius 3 is 3.00 bits per heavy atom. The van der Waals surface area contributed by atoms with Crippen LogP contribution < -0.4 is 0 Å². The quantitative estimate of drug-likeness (QED) is 0.741. The molecule has 4 heterocycles. The molecule has 1 amide bonds. The van der Waals surface area contributed by atoms with Gasteiger partial charge in [0.2, 0.25) is 5.91 Å². The second kappa shape index (κ2) is 7.63. The van der Waals surface area contributed by atoms with Crippen molar-refractivity contribution in [2.24, 2.45) is 0 Å². The molecular formula is C22H28N6O. The van der Waals surface area contributed by atoms with E-state index in [-0.39, 0.29) is 5.91 Å². The number of rotatable bonds is 4. The van der Waals surface area contributed by atoms with Crippen LogP contribution in [-0.4, -0.2) is 62.1 Å². The molecule has 5 rings (SSSR count). The standard InChI is InChI=1S/C22H28N6O/c1-26-10-4-5-17(14-26)22-25-24-20-15-27(11-12-28(20)22)21(29)9-8-16-13-23-19-7-3-2-6-18(16)19/h2-3,6-7,13,17,23H,4-5,8-12,14-15H2,1H3. The average Bonchev–Trinajstić information content (AvgIpc) is 3.35. The summed E-state index contributed by atoms with van der Waals surface area (Å²) in [7, 11) is 2.17. The summed E-state index contributed by atoms with van der Waals surface area (Å²) in [4.78, 5) is 20.4. The molecule has 2 aliphatic heterocycles. The Balaban J connectivity index is 1.23. The third kappa shape index (κ3) is 3.55. The van der Waals surface area contributed by atoms with Crippen molar-refractivity contribution in [2.75, 3.05) is 26.7 Å². The first-order chi connectivity index (χ1) is 14.2. The van der Waals surface area contributed by atoms with Gasteiger partial charge in [0.25, 0.3) is 0 Å². The molecule has 1 N–H and O–H groups in total. The van der Waals surface area contributed by atoms with Gasteiger partial charge in [0, 0.05) is 49.1 Å². The lowest BCUT2D eigenvalue weighted by atomic mass is 9.97. The first-order valence-corrected chi connectivity index (χ1v) is 10.6. The molecule has 1 saturated heterocycles. The number of aryl methyl sites for hydroxylation is 1. The van der Waals surface area contributed by atoms with Crippen molar-refractivity contribution in [1.29, 1.82) is 0 Å². The monoisotopic (exact) mass is 392 g/mol. The van der Waals surface area contributed by atoms with Gasteiger partial charge in [-0.3, -0.25) is 4.79 Å². The summed E-state index contributed by atoms with van der Waals surface area (Å²) >= 11 is 0. The van der Waals surface area contributed by atoms with Gasteiger partial charge >= 0.3 is 0 Å². The maximum Gasteiger partial charge on any atom is 0.223 e. The molecule has 0 bridgehead atoms. The Labute approximate surface area is 170 Å². The summed E-state index contributed by atoms with van der Waals surface area (Å²) < 4.78 is 2.26. The fraction of sp³-hybridized carbons (Fsp3) is 0.500. The third-order valence-electron chi connectivity index (χ3n) is 6.41. The maximum atomic E-state index is 12.8. The summed E-state index contributed by atoms with van der Waals surface area (Å²) in [5.74, 6) is 2.69. The predicted molar refractivity (Wildman–Crippen MR) is 112 cm³/mol. The van der Waals surface area contributed by atoms with E-state index in [0.29, 0.717) is 18.9 Å². The predicted octanol–water partition coefficient (Wildman–Crippen LogP) is 2.54. The first kappa shape index (κ1) is 18.4. The number of nitrogens with one attached hydrogen (secondary N) is 1. The lowest BCUT2D eigenvalue weighted by Crippen LogP contribution is -2.39. The zero-order chi connectivity index (χ0) is 19.8. The van der Waals surface area contributed by atoms with Crippen LogP contribution in [0.5, 0.6) is 0 Å². The topological polar surface area (TPSA) is 70.1 Å². The molecular weight excluding hydrogens is 364 g/mol. The van der Waals surface area contributed by atoms with Gasteiger partial charge in [-0.15, -0.1) is 10.2 Å². The van der Waals surface area contributed by atoms with Gasteiger partial charge in [0.05, 0.1) is 6.54 Å². The number of piperidine rings is 1. The number of benzene rings is 1. The van der Waals surface area contributed by atoms with Crippen LogP contribution in [0.25, 0.3) is 10.9 Å². The van der Waals surface area contributed by atoms with E-state index in [4.69, 9.17) is 0 Å². The molecule has 7 heteroatoms. The summed E-state index contributed by atoms with van der Waals surface area (Å²) in [5, 5.41) is 10.2. The van der Waals surface area contributed by atoms with Crippen LogP contribution in [0, 0.1) is 0 Å². The number of likely N-dealkylation sites (tertiary alicyclic amines) is 1. The molecule has 1 aromatic carbocycles. The highest BCUT2D eigenvalue weighted by Crippen LogP contribution is 2.27. The minimum atomic E-state index is 0.198. The van der Waals surface area contributed by atoms with Crippen molar-refractivity contribution in [3.05, 3.63) is 47.7 Å². The number of para-hydroxylation sites is 1. The van der Waals surface area contributed by atoms with Gasteiger partial charge in [-0.2, -0.15) is 0 Å². The Kier molecular flexibility index (Phi) is 4.83. The van der Waals surface area contributed by atoms with Crippen LogP contribution in [-0.2, 0) is 24.3 Å². The van der Waals surface area contributed by atoms with Crippen LogP contribution in [0.3, 0.4) is 0 Å². The van der Waals surface area contributed by atoms with Crippen LogP contribution >= 0.6 is 0 Å². The maximum absolute atomic E-state index is 12.8. The molecule has 0 aliphatic carbocycles. The highest BCUT2D eigenvalue weighted by atomic mass is 16.2. The number of carbonyl (C=O) groups is 1. The van der Waals surface area contributed by atoms with Crippen molar-refractivity contribution in [3.8, 4) is 0 Å². The van der Waals surface area contributed by atoms with Crippen LogP contribution in [0.4, 0.5) is 0 Å². The Morgan fingerprint density at radius 1 is 1.21 bits per heavy atom. The van der Waals surface area contributed by atoms with Crippen LogP contribution in [0.2, 0.25) is 0 Å². The highest BCUT2D eigenvalue weighted by molar-refractivity contribution is 5.84. The number of nitrogens with zero attached hydrogens (tertiary/aromatic N) is 5. The molecule has 7 nitrogen and oxygen atoms in total. The lowest BCUT2D eigenvalue weighted by molar-refractivity contribution is -0.132. The molecule has 0 saturated carbocycles. The van der Waals surface area contributed by atoms with Crippen molar-refractivity contribution in [3.63, 3.8) is 0 Å². The molecule has 152 valence electrons. The first-order valence-electron chi connectivity index (χ1n) is 10.6. The number of amides is 1. The fourth-order valence-corrected chi connectivity index (χ4v) is 4.81. The second-order valence-electron chi connectivity index (χ2n) is 8.40. The van der Waals surface area contributed by atoms with E-state index in [1.807, 2.05) is 23.2 Å². The van der Waals surface area contributed by atoms with Crippen molar-refractivity contribution >= 4 is 16.8 Å². The smallest absolute Gasteiger partial charge is 0.223 e. The molecule has 3 aromatic rings. The lowest BCUT2D eigenvalue weighted by Gasteiger charge is -2.32. The molecule has 1 unspecified atom stereocenters. The van der Waals surface area contributed by atoms with E-state index >= 15 is 0 Å². The van der Waals surface area contributed by atoms with Crippen molar-refractivity contribution in [2.45, 2.75) is 44.7 Å². The summed E-state index contributed by atoms with van der Waals surface area (Å²) in [6.45, 7) is 4.33. The molecule has 2 aromatic heterocycles. The van der Waals surface area contributed by atoms with Gasteiger partial charge in [0.15, 0.2) is 5.82 Å². The molecule has 2 aliphatic rings. The van der Waals surface area contributed by atoms with Gasteiger partial charge in [-0.1, -0.05) is 18.2 Å². The largest absolute Gasteiger partial charge is 0.361 e. The Hall–Kier alpha value is -2.67. The van der Waals surface area contributed by atoms with E-state index in [1.54, 1.807) is 0 Å². The Bertz CT molecular complexity index is 1020. The van der Waals surface area contributed by atoms with Gasteiger partial charge in [-0.05, 0) is 44.5 Å². The van der Waals surface area contributed by atoms with Gasteiger partial charge < -0.3 is 19.4 Å². The van der Waals surface area contributed by atoms with E-state index in [2.05, 4.69) is 43.8 Å². The number of aromatic nitrogens is 4. The summed E-state index contributed by atoms with van der Waals surface area (Å²) in [5.41, 5.74) is 2.33. The summed E-state index contributed by atoms with van der Waals surface area (Å²) in [6.07, 6.45) is 5.69. The molecule has 29 heavy (non-hydrogen) atoms. The summed E-state index contributed by atoms with van der Waals surface area (Å²) in [6, 6.07) is 8.25.